The first-order valence-corrected chi connectivity index (χ1v) is 50.8. The smallest absolute Gasteiger partial charge is 0.253 e. The largest absolute Gasteiger partial charge is 0.381 e. The molecule has 9 aliphatic heterocycles. The standard InChI is InChI=1S/C27H38N4O4S.C17H27N3O3S.C15H25N3O3S.C14H23N3O.C10H12BrNO.C4H8O.CH2Cl2/c1-19-7-9-23(10-8-19)25-28-26(33)27(29-25)13-15-31(16-14-27)36(34,35)17-5-6-22-11-12-24(18-20(22)2)30(4)21(3)32;1-3-12-24(22,23)20-10-8-17(9-11-20)16(21)18-15(19-17)14-6-4-13(2)5-7-14;1-11-3-5-12(6-4-11)13-16-14(19)15(17-13)7-9-18(10-8-15)22(2,20)21;1-10-2-4-11(5-3-10)12-16-13(18)14(17-12)6-8-15-9-7-14;1-7-6-9(4-5-10(7)11)12(3)8(2)13;1-2-4-5-3-1;2-1-3/h5-6,11-12,18-19,23H,7-10,13-17H2,1-4H3,(H,28,29,33);3,12-14H,4-11H2,1-2H3,(H,18,19,21);11-12H,3-10H2,1-2H3,(H,16,17,19);10-11,15H,2-9H2,1H3,(H,16,17,18);4-6H,1-3H3;1-4H2;1H2/b6-5+;;;;;;. The SMILES string of the molecule is C1CCOC1.CC(=O)N(C)c1ccc(/C=C/CS(=O)(=O)N2CCC3(CC2)N=C(C2CCC(C)CC2)NC3=O)c(C)c1.CC(=O)N(C)c1ccc(Br)c(C)c1.CC1CCC(C2=NC3(CCN(S(C)(=O)=O)CC3)C(=O)N2)CC1.CC1CCC(C2=NC3(CCNCC3)C(=O)N2)CC1.CC=CS(=O)(=O)N1CCC2(CC1)N=C(C1CCC(C)CC1)NC2=O.ClCCl. The molecule has 33 heteroatoms. The molecular weight excluding hydrogens is 1710 g/mol. The number of alkyl halides is 2. The summed E-state index contributed by atoms with van der Waals surface area (Å²) >= 11 is 12.9. The lowest BCUT2D eigenvalue weighted by molar-refractivity contribution is -0.125. The van der Waals surface area contributed by atoms with Gasteiger partial charge in [-0.1, -0.05) is 119 Å². The van der Waals surface area contributed by atoms with Crippen LogP contribution in [0.3, 0.4) is 0 Å². The summed E-state index contributed by atoms with van der Waals surface area (Å²) in [6.45, 7) is 23.7. The van der Waals surface area contributed by atoms with Gasteiger partial charge in [0.2, 0.25) is 41.9 Å². The van der Waals surface area contributed by atoms with Gasteiger partial charge in [0.25, 0.3) is 23.6 Å². The third-order valence-electron chi connectivity index (χ3n) is 26.8. The predicted octanol–water partition coefficient (Wildman–Crippen LogP) is 13.1. The average molecular weight is 1840 g/mol. The minimum Gasteiger partial charge on any atom is -0.381 e. The summed E-state index contributed by atoms with van der Waals surface area (Å²) in [4.78, 5) is 95.1. The Morgan fingerprint density at radius 2 is 0.835 bits per heavy atom. The van der Waals surface area contributed by atoms with Crippen LogP contribution in [0.1, 0.15) is 232 Å². The van der Waals surface area contributed by atoms with Gasteiger partial charge in [0.05, 0.1) is 17.3 Å². The maximum Gasteiger partial charge on any atom is 0.253 e. The van der Waals surface area contributed by atoms with Gasteiger partial charge in [-0.2, -0.15) is 4.31 Å². The first-order chi connectivity index (χ1) is 57.3. The molecule has 0 radical (unpaired) electrons. The van der Waals surface area contributed by atoms with Gasteiger partial charge in [-0.25, -0.2) is 33.9 Å². The lowest BCUT2D eigenvalue weighted by Crippen LogP contribution is -2.50. The van der Waals surface area contributed by atoms with Crippen LogP contribution in [0, 0.1) is 61.2 Å². The Morgan fingerprint density at radius 1 is 0.512 bits per heavy atom. The van der Waals surface area contributed by atoms with Crippen LogP contribution >= 0.6 is 39.1 Å². The molecule has 674 valence electrons. The molecule has 2 aromatic carbocycles. The maximum absolute atomic E-state index is 13.0. The second kappa shape index (κ2) is 44.5. The van der Waals surface area contributed by atoms with E-state index in [4.69, 9.17) is 47.9 Å². The van der Waals surface area contributed by atoms with Crippen LogP contribution in [0.15, 0.2) is 78.4 Å². The molecule has 9 fully saturated rings. The number of nitrogens with zero attached hydrogens (tertiary/aromatic N) is 9. The van der Waals surface area contributed by atoms with Crippen molar-refractivity contribution in [2.75, 3.05) is 107 Å². The van der Waals surface area contributed by atoms with Crippen molar-refractivity contribution in [1.29, 1.82) is 0 Å². The minimum absolute atomic E-state index is 0.0331. The Morgan fingerprint density at radius 3 is 1.14 bits per heavy atom. The number of aliphatic imine (C=N–C) groups is 4. The molecule has 27 nitrogen and oxygen atoms in total. The lowest BCUT2D eigenvalue weighted by atomic mass is 9.82. The number of hydrogen-bond donors (Lipinski definition) is 5. The number of anilines is 2. The van der Waals surface area contributed by atoms with Crippen LogP contribution < -0.4 is 36.4 Å². The summed E-state index contributed by atoms with van der Waals surface area (Å²) in [6.07, 6.45) is 31.6. The lowest BCUT2D eigenvalue weighted by Gasteiger charge is -2.34. The Labute approximate surface area is 739 Å². The van der Waals surface area contributed by atoms with Gasteiger partial charge in [0.1, 0.15) is 45.5 Å². The van der Waals surface area contributed by atoms with Crippen molar-refractivity contribution in [2.45, 2.75) is 251 Å². The second-order valence-corrected chi connectivity index (χ2v) is 43.2. The van der Waals surface area contributed by atoms with Crippen LogP contribution in [-0.2, 0) is 63.6 Å². The number of ether oxygens (including phenoxy) is 1. The number of piperidine rings is 4. The Hall–Kier alpha value is -5.87. The normalized spacial score (nSPS) is 27.0. The number of benzene rings is 2. The summed E-state index contributed by atoms with van der Waals surface area (Å²) < 4.78 is 83.8. The summed E-state index contributed by atoms with van der Waals surface area (Å²) in [7, 11) is -6.54. The number of amidine groups is 4. The number of carbonyl (C=O) groups is 6. The van der Waals surface area contributed by atoms with Crippen LogP contribution in [-0.4, -0.2) is 216 Å². The summed E-state index contributed by atoms with van der Waals surface area (Å²) in [5, 5.41) is 16.8. The van der Waals surface area contributed by atoms with Crippen LogP contribution in [0.25, 0.3) is 6.08 Å². The number of aryl methyl sites for hydroxylation is 2. The zero-order valence-corrected chi connectivity index (χ0v) is 79.0. The van der Waals surface area contributed by atoms with Crippen molar-refractivity contribution in [3.05, 3.63) is 75.1 Å². The molecule has 0 atom stereocenters. The number of amides is 6. The molecule has 13 aliphatic rings. The molecular formula is C88H135BrCl2N14O13S3. The molecule has 6 amide bonds. The van der Waals surface area contributed by atoms with Crippen LogP contribution in [0.5, 0.6) is 0 Å². The predicted molar refractivity (Wildman–Crippen MR) is 488 cm³/mol. The molecule has 0 aromatic heterocycles. The molecule has 4 saturated carbocycles. The van der Waals surface area contributed by atoms with Crippen LogP contribution in [0.2, 0.25) is 0 Å². The van der Waals surface area contributed by atoms with E-state index in [-0.39, 0.29) is 46.5 Å². The topological polar surface area (TPSA) is 340 Å². The van der Waals surface area contributed by atoms with E-state index in [1.807, 2.05) is 56.3 Å². The number of rotatable bonds is 13. The van der Waals surface area contributed by atoms with E-state index in [0.29, 0.717) is 101 Å². The van der Waals surface area contributed by atoms with E-state index < -0.39 is 52.2 Å². The van der Waals surface area contributed by atoms with Crippen molar-refractivity contribution >= 4 is 145 Å². The molecule has 4 spiro atoms. The van der Waals surface area contributed by atoms with Gasteiger partial charge in [-0.3, -0.25) is 48.7 Å². The number of hydrogen-bond acceptors (Lipinski definition) is 18. The highest BCUT2D eigenvalue weighted by Crippen LogP contribution is 2.41. The highest BCUT2D eigenvalue weighted by atomic mass is 79.9. The van der Waals surface area contributed by atoms with E-state index in [9.17, 15) is 54.0 Å². The Kier molecular flexibility index (Phi) is 36.4. The molecule has 0 unspecified atom stereocenters. The fraction of sp³-hybridized carbons (Fsp3) is 0.705. The number of carbonyl (C=O) groups excluding carboxylic acids is 6. The molecule has 0 bridgehead atoms. The Bertz CT molecular complexity index is 4450. The van der Waals surface area contributed by atoms with Crippen molar-refractivity contribution in [3.8, 4) is 0 Å². The van der Waals surface area contributed by atoms with Crippen LogP contribution in [0.4, 0.5) is 11.4 Å². The highest BCUT2D eigenvalue weighted by molar-refractivity contribution is 9.10. The molecule has 5 saturated heterocycles. The second-order valence-electron chi connectivity index (χ2n) is 35.7. The average Bonchev–Trinajstić information content (AvgIpc) is 1.64. The summed E-state index contributed by atoms with van der Waals surface area (Å²) in [5.74, 6) is 8.04. The zero-order chi connectivity index (χ0) is 88.3. The van der Waals surface area contributed by atoms with E-state index in [1.165, 1.54) is 102 Å². The summed E-state index contributed by atoms with van der Waals surface area (Å²) in [5.41, 5.74) is 2.01. The van der Waals surface area contributed by atoms with Gasteiger partial charge in [0, 0.05) is 125 Å². The third-order valence-corrected chi connectivity index (χ3v) is 32.4. The van der Waals surface area contributed by atoms with Gasteiger partial charge in [-0.05, 0) is 220 Å². The van der Waals surface area contributed by atoms with E-state index in [2.05, 4.69) is 70.2 Å². The van der Waals surface area contributed by atoms with E-state index in [1.54, 1.807) is 43.8 Å². The fourth-order valence-electron chi connectivity index (χ4n) is 18.1. The van der Waals surface area contributed by atoms with Gasteiger partial charge in [0.15, 0.2) is 0 Å². The molecule has 5 N–H and O–H groups in total. The summed E-state index contributed by atoms with van der Waals surface area (Å²) in [6, 6.07) is 11.5. The van der Waals surface area contributed by atoms with Crippen molar-refractivity contribution < 1.29 is 58.8 Å². The monoisotopic (exact) mass is 1840 g/mol. The first-order valence-electron chi connectivity index (χ1n) is 43.9. The first kappa shape index (κ1) is 98.9. The Balaban J connectivity index is 0.000000173. The fourth-order valence-corrected chi connectivity index (χ4v) is 21.7. The minimum atomic E-state index is -3.49. The molecule has 9 heterocycles. The van der Waals surface area contributed by atoms with Gasteiger partial charge in [-0.15, -0.1) is 23.2 Å². The molecule has 15 rings (SSSR count). The van der Waals surface area contributed by atoms with E-state index >= 15 is 0 Å². The number of halogens is 3. The van der Waals surface area contributed by atoms with Gasteiger partial charge < -0.3 is 41.1 Å². The molecule has 2 aromatic rings. The molecule has 4 aliphatic carbocycles. The number of sulfonamides is 3. The number of nitrogens with one attached hydrogen (secondary N) is 5. The van der Waals surface area contributed by atoms with Crippen molar-refractivity contribution in [1.82, 2.24) is 39.5 Å². The van der Waals surface area contributed by atoms with Crippen molar-refractivity contribution in [2.24, 2.45) is 67.3 Å². The highest BCUT2D eigenvalue weighted by Gasteiger charge is 2.52. The third kappa shape index (κ3) is 26.6. The van der Waals surface area contributed by atoms with E-state index in [0.717, 1.165) is 170 Å². The maximum atomic E-state index is 13.0. The van der Waals surface area contributed by atoms with Gasteiger partial charge >= 0.3 is 0 Å². The zero-order valence-electron chi connectivity index (χ0n) is 73.5. The van der Waals surface area contributed by atoms with Crippen molar-refractivity contribution in [3.63, 3.8) is 0 Å². The molecule has 121 heavy (non-hydrogen) atoms. The quantitative estimate of drug-likeness (QED) is 0.116. The number of allylic oxidation sites excluding steroid dienone is 1.